The second-order valence-corrected chi connectivity index (χ2v) is 8.03. The first-order valence-electron chi connectivity index (χ1n) is 11.9. The third kappa shape index (κ3) is 10.0. The van der Waals surface area contributed by atoms with E-state index in [-0.39, 0.29) is 5.56 Å². The number of hydrogen-bond donors (Lipinski definition) is 2. The van der Waals surface area contributed by atoms with Gasteiger partial charge in [-0.1, -0.05) is 19.1 Å². The highest BCUT2D eigenvalue weighted by Gasteiger charge is 2.16. The van der Waals surface area contributed by atoms with Crippen LogP contribution in [-0.2, 0) is 6.42 Å². The number of carbonyl (C=O) groups is 1. The minimum absolute atomic E-state index is 0.0875. The molecule has 8 nitrogen and oxygen atoms in total. The van der Waals surface area contributed by atoms with Gasteiger partial charge in [0.15, 0.2) is 11.5 Å². The SMILES string of the molecule is CCN(CCCCCO)C(C)Cc1ccc(OC)cc1.COc1cc(C(=O)O)cc(OC)c1OC. The van der Waals surface area contributed by atoms with Crippen LogP contribution in [0.15, 0.2) is 36.4 Å². The van der Waals surface area contributed by atoms with Crippen molar-refractivity contribution in [2.24, 2.45) is 0 Å². The third-order valence-electron chi connectivity index (χ3n) is 5.73. The van der Waals surface area contributed by atoms with E-state index in [4.69, 9.17) is 29.2 Å². The average Bonchev–Trinajstić information content (AvgIpc) is 2.88. The fourth-order valence-corrected chi connectivity index (χ4v) is 3.73. The van der Waals surface area contributed by atoms with E-state index >= 15 is 0 Å². The van der Waals surface area contributed by atoms with Crippen LogP contribution in [-0.4, -0.2) is 75.3 Å². The topological polar surface area (TPSA) is 97.7 Å². The smallest absolute Gasteiger partial charge is 0.335 e. The van der Waals surface area contributed by atoms with Gasteiger partial charge in [-0.15, -0.1) is 0 Å². The highest BCUT2D eigenvalue weighted by atomic mass is 16.5. The maximum absolute atomic E-state index is 10.8. The summed E-state index contributed by atoms with van der Waals surface area (Å²) in [5, 5.41) is 17.6. The van der Waals surface area contributed by atoms with Crippen molar-refractivity contribution in [2.45, 2.75) is 45.6 Å². The fraction of sp³-hybridized carbons (Fsp3) is 0.519. The maximum Gasteiger partial charge on any atom is 0.335 e. The number of carboxylic acids is 1. The lowest BCUT2D eigenvalue weighted by Crippen LogP contribution is -2.35. The number of carboxylic acid groups (broad SMARTS) is 1. The lowest BCUT2D eigenvalue weighted by molar-refractivity contribution is 0.0696. The Labute approximate surface area is 209 Å². The molecule has 0 spiro atoms. The van der Waals surface area contributed by atoms with Crippen LogP contribution in [0.3, 0.4) is 0 Å². The van der Waals surface area contributed by atoms with Gasteiger partial charge in [-0.25, -0.2) is 4.79 Å². The van der Waals surface area contributed by atoms with Crippen molar-refractivity contribution in [1.82, 2.24) is 4.90 Å². The number of benzene rings is 2. The molecule has 0 saturated heterocycles. The highest BCUT2D eigenvalue weighted by molar-refractivity contribution is 5.89. The van der Waals surface area contributed by atoms with Gasteiger partial charge in [0.05, 0.1) is 34.0 Å². The van der Waals surface area contributed by atoms with Gasteiger partial charge in [-0.05, 0) is 75.5 Å². The van der Waals surface area contributed by atoms with E-state index in [0.29, 0.717) is 29.9 Å². The Balaban J connectivity index is 0.000000365. The zero-order chi connectivity index (χ0) is 26.2. The van der Waals surface area contributed by atoms with Crippen LogP contribution < -0.4 is 18.9 Å². The number of methoxy groups -OCH3 is 4. The molecule has 196 valence electrons. The largest absolute Gasteiger partial charge is 0.497 e. The van der Waals surface area contributed by atoms with Gasteiger partial charge in [-0.3, -0.25) is 0 Å². The molecule has 0 amide bonds. The molecule has 0 heterocycles. The molecule has 0 aliphatic rings. The number of rotatable bonds is 14. The summed E-state index contributed by atoms with van der Waals surface area (Å²) in [4.78, 5) is 13.3. The van der Waals surface area contributed by atoms with Gasteiger partial charge in [0.2, 0.25) is 5.75 Å². The zero-order valence-electron chi connectivity index (χ0n) is 21.9. The van der Waals surface area contributed by atoms with Crippen LogP contribution >= 0.6 is 0 Å². The standard InChI is InChI=1S/C17H29NO2.C10H12O5/c1-4-18(12-6-5-7-13-19)15(2)14-16-8-10-17(20-3)11-9-16;1-13-7-4-6(10(11)12)5-8(14-2)9(7)15-3/h8-11,15,19H,4-7,12-14H2,1-3H3;4-5H,1-3H3,(H,11,12). The van der Waals surface area contributed by atoms with Crippen LogP contribution in [0.25, 0.3) is 0 Å². The molecule has 0 bridgehead atoms. The third-order valence-corrected chi connectivity index (χ3v) is 5.73. The first-order valence-corrected chi connectivity index (χ1v) is 11.9. The second kappa shape index (κ2) is 16.6. The number of likely N-dealkylation sites (N-methyl/N-ethyl adjacent to an activating group) is 1. The molecule has 0 radical (unpaired) electrons. The van der Waals surface area contributed by atoms with Gasteiger partial charge in [0, 0.05) is 12.6 Å². The zero-order valence-corrected chi connectivity index (χ0v) is 21.9. The van der Waals surface area contributed by atoms with E-state index in [2.05, 4.69) is 30.9 Å². The molecule has 2 aromatic rings. The molecule has 1 atom stereocenters. The van der Waals surface area contributed by atoms with Gasteiger partial charge >= 0.3 is 5.97 Å². The molecular formula is C27H41NO7. The van der Waals surface area contributed by atoms with Crippen molar-refractivity contribution < 1.29 is 34.0 Å². The van der Waals surface area contributed by atoms with Crippen molar-refractivity contribution in [2.75, 3.05) is 48.1 Å². The summed E-state index contributed by atoms with van der Waals surface area (Å²) in [6, 6.07) is 11.7. The molecule has 0 saturated carbocycles. The van der Waals surface area contributed by atoms with Gasteiger partial charge in [0.1, 0.15) is 5.75 Å². The molecule has 8 heteroatoms. The van der Waals surface area contributed by atoms with Crippen LogP contribution in [0.4, 0.5) is 0 Å². The number of hydrogen-bond acceptors (Lipinski definition) is 7. The number of ether oxygens (including phenoxy) is 4. The van der Waals surface area contributed by atoms with Crippen molar-refractivity contribution in [3.05, 3.63) is 47.5 Å². The minimum atomic E-state index is -1.05. The molecule has 2 N–H and O–H groups in total. The number of aliphatic hydroxyl groups is 1. The Bertz CT molecular complexity index is 845. The Morgan fingerprint density at radius 1 is 0.914 bits per heavy atom. The van der Waals surface area contributed by atoms with E-state index in [1.54, 1.807) is 7.11 Å². The summed E-state index contributed by atoms with van der Waals surface area (Å²) < 4.78 is 20.2. The molecule has 0 aliphatic carbocycles. The predicted octanol–water partition coefficient (Wildman–Crippen LogP) is 4.52. The highest BCUT2D eigenvalue weighted by Crippen LogP contribution is 2.38. The maximum atomic E-state index is 10.8. The first-order chi connectivity index (χ1) is 16.8. The normalized spacial score (nSPS) is 11.3. The van der Waals surface area contributed by atoms with E-state index < -0.39 is 5.97 Å². The van der Waals surface area contributed by atoms with E-state index in [0.717, 1.165) is 38.1 Å². The van der Waals surface area contributed by atoms with Crippen molar-refractivity contribution in [3.63, 3.8) is 0 Å². The van der Waals surface area contributed by atoms with Crippen molar-refractivity contribution >= 4 is 5.97 Å². The summed E-state index contributed by atoms with van der Waals surface area (Å²) in [6.07, 6.45) is 4.27. The number of nitrogens with zero attached hydrogens (tertiary/aromatic N) is 1. The second-order valence-electron chi connectivity index (χ2n) is 8.03. The average molecular weight is 492 g/mol. The fourth-order valence-electron chi connectivity index (χ4n) is 3.73. The summed E-state index contributed by atoms with van der Waals surface area (Å²) in [7, 11) is 6.02. The lowest BCUT2D eigenvalue weighted by Gasteiger charge is -2.28. The number of unbranched alkanes of at least 4 members (excludes halogenated alkanes) is 2. The van der Waals surface area contributed by atoms with Crippen LogP contribution in [0, 0.1) is 0 Å². The van der Waals surface area contributed by atoms with Gasteiger partial charge in [0.25, 0.3) is 0 Å². The van der Waals surface area contributed by atoms with Crippen LogP contribution in [0.2, 0.25) is 0 Å². The van der Waals surface area contributed by atoms with Crippen LogP contribution in [0.5, 0.6) is 23.0 Å². The first kappa shape index (κ1) is 30.1. The molecule has 0 aromatic heterocycles. The van der Waals surface area contributed by atoms with E-state index in [9.17, 15) is 4.79 Å². The Morgan fingerprint density at radius 3 is 1.94 bits per heavy atom. The number of aromatic carboxylic acids is 1. The Hall–Kier alpha value is -2.97. The molecule has 2 aromatic carbocycles. The monoisotopic (exact) mass is 491 g/mol. The molecule has 2 rings (SSSR count). The summed E-state index contributed by atoms with van der Waals surface area (Å²) in [5.74, 6) is 0.903. The minimum Gasteiger partial charge on any atom is -0.497 e. The number of aliphatic hydroxyl groups excluding tert-OH is 1. The Kier molecular flexibility index (Phi) is 14.3. The Morgan fingerprint density at radius 2 is 1.51 bits per heavy atom. The van der Waals surface area contributed by atoms with Gasteiger partial charge < -0.3 is 34.1 Å². The van der Waals surface area contributed by atoms with Crippen LogP contribution in [0.1, 0.15) is 49.0 Å². The van der Waals surface area contributed by atoms with Gasteiger partial charge in [-0.2, -0.15) is 0 Å². The molecule has 35 heavy (non-hydrogen) atoms. The summed E-state index contributed by atoms with van der Waals surface area (Å²) in [6.45, 7) is 7.02. The summed E-state index contributed by atoms with van der Waals surface area (Å²) in [5.41, 5.74) is 1.44. The predicted molar refractivity (Wildman–Crippen MR) is 137 cm³/mol. The lowest BCUT2D eigenvalue weighted by atomic mass is 10.1. The quantitative estimate of drug-likeness (QED) is 0.372. The van der Waals surface area contributed by atoms with Crippen molar-refractivity contribution in [3.8, 4) is 23.0 Å². The molecule has 1 unspecified atom stereocenters. The summed E-state index contributed by atoms with van der Waals surface area (Å²) >= 11 is 0. The van der Waals surface area contributed by atoms with Crippen molar-refractivity contribution in [1.29, 1.82) is 0 Å². The van der Waals surface area contributed by atoms with E-state index in [1.165, 1.54) is 45.4 Å². The molecule has 0 fully saturated rings. The molecule has 0 aliphatic heterocycles. The molecular weight excluding hydrogens is 450 g/mol. The van der Waals surface area contributed by atoms with E-state index in [1.807, 2.05) is 12.1 Å².